The van der Waals surface area contributed by atoms with Crippen LogP contribution in [0.2, 0.25) is 0 Å². The average molecular weight is 275 g/mol. The Morgan fingerprint density at radius 3 is 2.38 bits per heavy atom. The van der Waals surface area contributed by atoms with Crippen molar-refractivity contribution in [1.29, 1.82) is 0 Å². The molecule has 1 aromatic heterocycles. The van der Waals surface area contributed by atoms with Crippen molar-refractivity contribution in [2.24, 2.45) is 5.73 Å². The molecule has 1 saturated carbocycles. The summed E-state index contributed by atoms with van der Waals surface area (Å²) < 4.78 is 0. The Kier molecular flexibility index (Phi) is 3.74. The minimum atomic E-state index is -0.451. The van der Waals surface area contributed by atoms with Gasteiger partial charge < -0.3 is 5.73 Å². The molecule has 0 saturated heterocycles. The molecule has 1 amide bonds. The Labute approximate surface area is 125 Å². The number of pyridine rings is 1. The summed E-state index contributed by atoms with van der Waals surface area (Å²) in [7, 11) is 0. The van der Waals surface area contributed by atoms with Gasteiger partial charge in [0.1, 0.15) is 0 Å². The highest BCUT2D eigenvalue weighted by atomic mass is 16.1. The number of rotatable bonds is 3. The molecule has 0 unspecified atom stereocenters. The lowest BCUT2D eigenvalue weighted by atomic mass is 9.94. The van der Waals surface area contributed by atoms with E-state index in [-0.39, 0.29) is 0 Å². The van der Waals surface area contributed by atoms with Gasteiger partial charge in [0.15, 0.2) is 0 Å². The molecule has 3 nitrogen and oxygen atoms in total. The summed E-state index contributed by atoms with van der Waals surface area (Å²) in [6.45, 7) is 1.82. The number of amides is 1. The van der Waals surface area contributed by atoms with Crippen LogP contribution in [0.4, 0.5) is 0 Å². The Balaban J connectivity index is 2.16. The zero-order valence-electron chi connectivity index (χ0n) is 11.7. The number of carbonyl (C=O) groups is 1. The van der Waals surface area contributed by atoms with Crippen molar-refractivity contribution in [2.45, 2.75) is 6.92 Å². The van der Waals surface area contributed by atoms with Crippen molar-refractivity contribution in [3.05, 3.63) is 85.0 Å². The van der Waals surface area contributed by atoms with Gasteiger partial charge in [-0.05, 0) is 49.8 Å². The number of nitrogens with two attached hydrogens (primary N) is 1. The van der Waals surface area contributed by atoms with Gasteiger partial charge in [-0.1, -0.05) is 30.3 Å². The Bertz CT molecular complexity index is 658. The fraction of sp³-hybridized carbons (Fsp3) is 0.0556. The molecule has 1 heterocycles. The molecular weight excluding hydrogens is 260 g/mol. The van der Waals surface area contributed by atoms with Crippen LogP contribution in [0.25, 0.3) is 11.1 Å². The van der Waals surface area contributed by atoms with Gasteiger partial charge in [0.25, 0.3) is 5.91 Å². The highest BCUT2D eigenvalue weighted by molar-refractivity contribution is 6.01. The van der Waals surface area contributed by atoms with Crippen molar-refractivity contribution in [3.8, 4) is 11.1 Å². The van der Waals surface area contributed by atoms with Gasteiger partial charge in [0.05, 0.1) is 11.3 Å². The first kappa shape index (κ1) is 13.8. The summed E-state index contributed by atoms with van der Waals surface area (Å²) in [5.74, 6) is 0.583. The van der Waals surface area contributed by atoms with Gasteiger partial charge in [0, 0.05) is 11.6 Å². The molecule has 1 fully saturated rings. The summed E-state index contributed by atoms with van der Waals surface area (Å²) >= 11 is 0. The Morgan fingerprint density at radius 1 is 1.10 bits per heavy atom. The van der Waals surface area contributed by atoms with Crippen LogP contribution in [0.1, 0.15) is 21.7 Å². The van der Waals surface area contributed by atoms with E-state index in [4.69, 9.17) is 5.73 Å². The van der Waals surface area contributed by atoms with E-state index < -0.39 is 5.91 Å². The first-order valence-electron chi connectivity index (χ1n) is 6.76. The minimum absolute atomic E-state index is 0.451. The average Bonchev–Trinajstić information content (AvgIpc) is 3.01. The summed E-state index contributed by atoms with van der Waals surface area (Å²) in [5.41, 5.74) is 9.32. The lowest BCUT2D eigenvalue weighted by Gasteiger charge is -2.15. The molecule has 1 aliphatic carbocycles. The van der Waals surface area contributed by atoms with Gasteiger partial charge in [-0.15, -0.1) is 0 Å². The number of aromatic nitrogens is 1. The van der Waals surface area contributed by atoms with E-state index in [2.05, 4.69) is 4.98 Å². The fourth-order valence-electron chi connectivity index (χ4n) is 2.52. The minimum Gasteiger partial charge on any atom is -0.366 e. The fourth-order valence-corrected chi connectivity index (χ4v) is 2.52. The lowest BCUT2D eigenvalue weighted by Crippen LogP contribution is -2.16. The maximum absolute atomic E-state index is 11.8. The van der Waals surface area contributed by atoms with Crippen LogP contribution in [0.5, 0.6) is 0 Å². The Hall–Kier alpha value is -2.16. The van der Waals surface area contributed by atoms with Crippen molar-refractivity contribution < 1.29 is 4.79 Å². The van der Waals surface area contributed by atoms with Gasteiger partial charge in [-0.2, -0.15) is 0 Å². The van der Waals surface area contributed by atoms with E-state index in [0.29, 0.717) is 11.3 Å². The number of hydrogen-bond acceptors (Lipinski definition) is 2. The van der Waals surface area contributed by atoms with Crippen LogP contribution in [0.3, 0.4) is 0 Å². The lowest BCUT2D eigenvalue weighted by molar-refractivity contribution is 0.1000. The molecule has 3 rings (SSSR count). The van der Waals surface area contributed by atoms with Crippen molar-refractivity contribution in [1.82, 2.24) is 4.98 Å². The predicted octanol–water partition coefficient (Wildman–Crippen LogP) is 2.91. The van der Waals surface area contributed by atoms with E-state index in [1.54, 1.807) is 0 Å². The molecule has 103 valence electrons. The van der Waals surface area contributed by atoms with Gasteiger partial charge in [0.2, 0.25) is 0 Å². The molecule has 1 aliphatic rings. The van der Waals surface area contributed by atoms with E-state index in [0.717, 1.165) is 22.7 Å². The predicted molar refractivity (Wildman–Crippen MR) is 82.5 cm³/mol. The third-order valence-corrected chi connectivity index (χ3v) is 3.49. The maximum atomic E-state index is 11.8. The molecule has 2 aromatic rings. The van der Waals surface area contributed by atoms with Crippen LogP contribution in [0, 0.1) is 38.5 Å². The molecular formula is C18H15N2O. The third kappa shape index (κ3) is 2.68. The zero-order valence-corrected chi connectivity index (χ0v) is 11.7. The molecule has 21 heavy (non-hydrogen) atoms. The summed E-state index contributed by atoms with van der Waals surface area (Å²) in [6.07, 6.45) is 7.94. The standard InChI is InChI=1S/C18H15N2O/c1-12-17(18(19)21)15(13-7-3-2-4-8-13)11-16(20-12)14-9-5-6-10-14/h2-11H,1H3,(H2,19,21). The number of primary amides is 1. The van der Waals surface area contributed by atoms with Crippen molar-refractivity contribution in [3.63, 3.8) is 0 Å². The number of carbonyl (C=O) groups excluding carboxylic acids is 1. The zero-order chi connectivity index (χ0) is 14.8. The second-order valence-corrected chi connectivity index (χ2v) is 4.92. The normalized spacial score (nSPS) is 15.3. The highest BCUT2D eigenvalue weighted by Gasteiger charge is 2.23. The molecule has 5 radical (unpaired) electrons. The molecule has 1 aromatic carbocycles. The largest absolute Gasteiger partial charge is 0.366 e. The number of benzene rings is 1. The maximum Gasteiger partial charge on any atom is 0.251 e. The first-order chi connectivity index (χ1) is 10.2. The topological polar surface area (TPSA) is 56.0 Å². The van der Waals surface area contributed by atoms with Gasteiger partial charge in [-0.3, -0.25) is 9.78 Å². The smallest absolute Gasteiger partial charge is 0.251 e. The molecule has 0 bridgehead atoms. The van der Waals surface area contributed by atoms with E-state index in [1.807, 2.05) is 69.0 Å². The van der Waals surface area contributed by atoms with Crippen LogP contribution < -0.4 is 5.73 Å². The van der Waals surface area contributed by atoms with Crippen molar-refractivity contribution in [2.75, 3.05) is 0 Å². The first-order valence-corrected chi connectivity index (χ1v) is 6.76. The summed E-state index contributed by atoms with van der Waals surface area (Å²) in [5, 5.41) is 0. The summed E-state index contributed by atoms with van der Waals surface area (Å²) in [6, 6.07) is 11.7. The Morgan fingerprint density at radius 2 is 1.76 bits per heavy atom. The van der Waals surface area contributed by atoms with Crippen molar-refractivity contribution >= 4 is 5.91 Å². The van der Waals surface area contributed by atoms with E-state index in [9.17, 15) is 4.79 Å². The second-order valence-electron chi connectivity index (χ2n) is 4.92. The van der Waals surface area contributed by atoms with Crippen LogP contribution in [-0.2, 0) is 0 Å². The highest BCUT2D eigenvalue weighted by Crippen LogP contribution is 2.33. The van der Waals surface area contributed by atoms with E-state index >= 15 is 0 Å². The molecule has 3 heteroatoms. The second kappa shape index (κ2) is 5.68. The number of aryl methyl sites for hydroxylation is 1. The monoisotopic (exact) mass is 275 g/mol. The SMILES string of the molecule is Cc1nc([C]2[CH][CH][CH][CH]2)cc(-c2ccccc2)c1C(N)=O. The van der Waals surface area contributed by atoms with Crippen LogP contribution in [-0.4, -0.2) is 10.9 Å². The quantitative estimate of drug-likeness (QED) is 0.936. The van der Waals surface area contributed by atoms with E-state index in [1.165, 1.54) is 0 Å². The van der Waals surface area contributed by atoms with Gasteiger partial charge in [-0.25, -0.2) is 0 Å². The summed E-state index contributed by atoms with van der Waals surface area (Å²) in [4.78, 5) is 16.3. The van der Waals surface area contributed by atoms with Crippen LogP contribution in [0.15, 0.2) is 36.4 Å². The number of nitrogens with zero attached hydrogens (tertiary/aromatic N) is 1. The van der Waals surface area contributed by atoms with Crippen LogP contribution >= 0.6 is 0 Å². The number of hydrogen-bond donors (Lipinski definition) is 1. The third-order valence-electron chi connectivity index (χ3n) is 3.49. The molecule has 0 spiro atoms. The molecule has 0 aliphatic heterocycles. The molecule has 2 N–H and O–H groups in total. The molecule has 0 atom stereocenters. The van der Waals surface area contributed by atoms with Gasteiger partial charge >= 0.3 is 0 Å².